The Morgan fingerprint density at radius 3 is 2.57 bits per heavy atom. The van der Waals surface area contributed by atoms with Crippen molar-refractivity contribution in [2.75, 3.05) is 19.7 Å². The van der Waals surface area contributed by atoms with Crippen LogP contribution in [0.15, 0.2) is 42.5 Å². The number of benzene rings is 2. The molecule has 154 valence electrons. The number of hydrogen-bond donors (Lipinski definition) is 0. The van der Waals surface area contributed by atoms with Crippen LogP contribution < -0.4 is 0 Å². The largest absolute Gasteiger partial charge is 0.368 e. The minimum absolute atomic E-state index is 0.188. The molecule has 4 nitrogen and oxygen atoms in total. The molecule has 30 heavy (non-hydrogen) atoms. The molecular weight excluding hydrogens is 372 g/mol. The fraction of sp³-hybridized carbons (Fsp3) is 0.462. The van der Waals surface area contributed by atoms with Crippen molar-refractivity contribution < 1.29 is 9.53 Å². The number of ether oxygens (including phenoxy) is 1. The van der Waals surface area contributed by atoms with Crippen LogP contribution in [0.4, 0.5) is 0 Å². The summed E-state index contributed by atoms with van der Waals surface area (Å²) in [6.45, 7) is 4.54. The summed E-state index contributed by atoms with van der Waals surface area (Å²) < 4.78 is 5.59. The number of nitrogens with zero attached hydrogens (tertiary/aromatic N) is 2. The highest BCUT2D eigenvalue weighted by Gasteiger charge is 2.55. The zero-order valence-electron chi connectivity index (χ0n) is 17.6. The molecule has 2 atom stereocenters. The van der Waals surface area contributed by atoms with E-state index in [-0.39, 0.29) is 12.0 Å². The Morgan fingerprint density at radius 1 is 1.17 bits per heavy atom. The molecule has 0 bridgehead atoms. The maximum atomic E-state index is 12.6. The van der Waals surface area contributed by atoms with Gasteiger partial charge in [0.2, 0.25) is 0 Å². The number of aryl methyl sites for hydroxylation is 1. The number of carbonyl (C=O) groups excluding carboxylic acids is 1. The van der Waals surface area contributed by atoms with E-state index in [2.05, 4.69) is 37.3 Å². The molecule has 1 spiro atoms. The van der Waals surface area contributed by atoms with Gasteiger partial charge in [-0.05, 0) is 84.7 Å². The number of likely N-dealkylation sites (tertiary alicyclic amines) is 1. The zero-order valence-corrected chi connectivity index (χ0v) is 17.6. The quantitative estimate of drug-likeness (QED) is 0.743. The molecule has 2 aromatic carbocycles. The Hall–Kier alpha value is -2.64. The number of nitriles is 1. The zero-order chi connectivity index (χ0) is 20.7. The van der Waals surface area contributed by atoms with Crippen LogP contribution in [0.1, 0.15) is 54.7 Å². The van der Waals surface area contributed by atoms with Crippen molar-refractivity contribution in [3.8, 4) is 17.2 Å². The minimum Gasteiger partial charge on any atom is -0.368 e. The Balaban J connectivity index is 1.23. The summed E-state index contributed by atoms with van der Waals surface area (Å²) >= 11 is 0. The fourth-order valence-electron chi connectivity index (χ4n) is 5.47. The van der Waals surface area contributed by atoms with Crippen molar-refractivity contribution >= 4 is 5.91 Å². The molecule has 5 rings (SSSR count). The van der Waals surface area contributed by atoms with Crippen molar-refractivity contribution in [2.24, 2.45) is 5.41 Å². The summed E-state index contributed by atoms with van der Waals surface area (Å²) in [6, 6.07) is 17.1. The first-order chi connectivity index (χ1) is 14.6. The second-order valence-corrected chi connectivity index (χ2v) is 9.21. The van der Waals surface area contributed by atoms with Crippen LogP contribution in [0.5, 0.6) is 0 Å². The molecule has 2 heterocycles. The highest BCUT2D eigenvalue weighted by Crippen LogP contribution is 2.65. The van der Waals surface area contributed by atoms with Gasteiger partial charge in [-0.25, -0.2) is 0 Å². The van der Waals surface area contributed by atoms with Gasteiger partial charge in [0, 0.05) is 19.7 Å². The number of hydrogen-bond acceptors (Lipinski definition) is 3. The Kier molecular flexibility index (Phi) is 4.87. The molecule has 0 aromatic heterocycles. The number of piperidine rings is 1. The molecule has 2 saturated heterocycles. The predicted octanol–water partition coefficient (Wildman–Crippen LogP) is 4.81. The van der Waals surface area contributed by atoms with E-state index in [0.29, 0.717) is 16.9 Å². The van der Waals surface area contributed by atoms with Crippen molar-refractivity contribution in [3.05, 3.63) is 59.2 Å². The lowest BCUT2D eigenvalue weighted by Gasteiger charge is -2.34. The third kappa shape index (κ3) is 3.42. The van der Waals surface area contributed by atoms with Gasteiger partial charge in [-0.1, -0.05) is 30.3 Å². The van der Waals surface area contributed by atoms with E-state index < -0.39 is 0 Å². The van der Waals surface area contributed by atoms with E-state index in [1.165, 1.54) is 23.1 Å². The van der Waals surface area contributed by atoms with Gasteiger partial charge < -0.3 is 9.64 Å². The van der Waals surface area contributed by atoms with E-state index in [9.17, 15) is 4.79 Å². The maximum absolute atomic E-state index is 12.6. The lowest BCUT2D eigenvalue weighted by atomic mass is 9.88. The van der Waals surface area contributed by atoms with Crippen LogP contribution in [-0.2, 0) is 9.53 Å². The van der Waals surface area contributed by atoms with Gasteiger partial charge in [-0.2, -0.15) is 5.26 Å². The number of rotatable bonds is 3. The molecule has 3 aliphatic rings. The third-order valence-electron chi connectivity index (χ3n) is 7.45. The van der Waals surface area contributed by atoms with Crippen molar-refractivity contribution in [2.45, 2.75) is 51.0 Å². The first kappa shape index (κ1) is 19.3. The topological polar surface area (TPSA) is 53.3 Å². The molecule has 3 fully saturated rings. The summed E-state index contributed by atoms with van der Waals surface area (Å²) in [5.74, 6) is 0.829. The van der Waals surface area contributed by atoms with Crippen LogP contribution in [0.25, 0.3) is 11.1 Å². The van der Waals surface area contributed by atoms with Crippen LogP contribution in [0.2, 0.25) is 0 Å². The Morgan fingerprint density at radius 2 is 1.93 bits per heavy atom. The maximum Gasteiger partial charge on any atom is 0.251 e. The molecule has 0 N–H and O–H groups in total. The molecule has 2 aromatic rings. The van der Waals surface area contributed by atoms with Crippen molar-refractivity contribution in [1.29, 1.82) is 5.26 Å². The molecule has 2 aliphatic heterocycles. The van der Waals surface area contributed by atoms with Gasteiger partial charge in [0.15, 0.2) is 0 Å². The SMILES string of the molecule is Cc1cc(C#N)ccc1-c1ccc(C2CC23CCN(C(=O)[C@H]2CCCO2)CC3)cc1. The van der Waals surface area contributed by atoms with Crippen LogP contribution >= 0.6 is 0 Å². The number of amides is 1. The summed E-state index contributed by atoms with van der Waals surface area (Å²) in [6.07, 6.45) is 5.15. The van der Waals surface area contributed by atoms with Gasteiger partial charge in [0.25, 0.3) is 5.91 Å². The fourth-order valence-corrected chi connectivity index (χ4v) is 5.47. The highest BCUT2D eigenvalue weighted by atomic mass is 16.5. The molecule has 1 saturated carbocycles. The minimum atomic E-state index is -0.188. The lowest BCUT2D eigenvalue weighted by Crippen LogP contribution is -2.44. The van der Waals surface area contributed by atoms with E-state index >= 15 is 0 Å². The second kappa shape index (κ2) is 7.56. The van der Waals surface area contributed by atoms with Gasteiger partial charge in [-0.3, -0.25) is 4.79 Å². The number of carbonyl (C=O) groups is 1. The second-order valence-electron chi connectivity index (χ2n) is 9.21. The lowest BCUT2D eigenvalue weighted by molar-refractivity contribution is -0.142. The van der Waals surface area contributed by atoms with Crippen LogP contribution in [-0.4, -0.2) is 36.6 Å². The summed E-state index contributed by atoms with van der Waals surface area (Å²) in [5, 5.41) is 9.07. The normalized spacial score (nSPS) is 24.6. The van der Waals surface area contributed by atoms with Gasteiger partial charge in [0.1, 0.15) is 6.10 Å². The Labute approximate surface area is 178 Å². The summed E-state index contributed by atoms with van der Waals surface area (Å²) in [7, 11) is 0. The molecule has 1 aliphatic carbocycles. The first-order valence-electron chi connectivity index (χ1n) is 11.1. The standard InChI is InChI=1S/C26H28N2O2/c1-18-15-19(17-27)4-9-22(18)20-5-7-21(8-6-20)23-16-26(23)10-12-28(13-11-26)25(29)24-3-2-14-30-24/h4-9,15,23-24H,2-3,10-14,16H2,1H3/t23?,24-/m1/s1. The van der Waals surface area contributed by atoms with Crippen molar-refractivity contribution in [1.82, 2.24) is 4.90 Å². The van der Waals surface area contributed by atoms with Gasteiger partial charge in [-0.15, -0.1) is 0 Å². The molecular formula is C26H28N2O2. The first-order valence-corrected chi connectivity index (χ1v) is 11.1. The van der Waals surface area contributed by atoms with Crippen LogP contribution in [0, 0.1) is 23.7 Å². The molecule has 1 amide bonds. The average molecular weight is 401 g/mol. The average Bonchev–Trinajstić information content (AvgIpc) is 3.20. The summed E-state index contributed by atoms with van der Waals surface area (Å²) in [5.41, 5.74) is 6.03. The monoisotopic (exact) mass is 400 g/mol. The molecule has 1 unspecified atom stereocenters. The predicted molar refractivity (Wildman–Crippen MR) is 116 cm³/mol. The molecule has 0 radical (unpaired) electrons. The van der Waals surface area contributed by atoms with E-state index in [0.717, 1.165) is 50.9 Å². The van der Waals surface area contributed by atoms with E-state index in [4.69, 9.17) is 10.00 Å². The highest BCUT2D eigenvalue weighted by molar-refractivity contribution is 5.81. The van der Waals surface area contributed by atoms with Gasteiger partial charge >= 0.3 is 0 Å². The van der Waals surface area contributed by atoms with Crippen LogP contribution in [0.3, 0.4) is 0 Å². The van der Waals surface area contributed by atoms with Gasteiger partial charge in [0.05, 0.1) is 11.6 Å². The smallest absolute Gasteiger partial charge is 0.251 e. The van der Waals surface area contributed by atoms with Crippen molar-refractivity contribution in [3.63, 3.8) is 0 Å². The Bertz CT molecular complexity index is 991. The molecule has 4 heteroatoms. The van der Waals surface area contributed by atoms with E-state index in [1.54, 1.807) is 0 Å². The third-order valence-corrected chi connectivity index (χ3v) is 7.45. The summed E-state index contributed by atoms with van der Waals surface area (Å²) in [4.78, 5) is 14.6. The van der Waals surface area contributed by atoms with E-state index in [1.807, 2.05) is 23.1 Å².